The fourth-order valence-corrected chi connectivity index (χ4v) is 6.38. The van der Waals surface area contributed by atoms with Crippen molar-refractivity contribution in [2.24, 2.45) is 11.7 Å². The summed E-state index contributed by atoms with van der Waals surface area (Å²) in [7, 11) is -4.42. The van der Waals surface area contributed by atoms with Gasteiger partial charge in [-0.15, -0.1) is 0 Å². The molecule has 0 saturated heterocycles. The topological polar surface area (TPSA) is 77.2 Å². The summed E-state index contributed by atoms with van der Waals surface area (Å²) >= 11 is 0. The molecule has 1 fully saturated rings. The second-order valence-electron chi connectivity index (χ2n) is 7.76. The fraction of sp³-hybridized carbons (Fsp3) is 0.381. The number of halogens is 5. The number of amides is 1. The molecule has 1 saturated carbocycles. The van der Waals surface area contributed by atoms with E-state index in [0.717, 1.165) is 30.3 Å². The van der Waals surface area contributed by atoms with Gasteiger partial charge in [0.2, 0.25) is 5.91 Å². The van der Waals surface area contributed by atoms with Gasteiger partial charge in [0.25, 0.3) is 0 Å². The van der Waals surface area contributed by atoms with E-state index in [1.165, 1.54) is 0 Å². The number of carbonyl (C=O) groups excluding carboxylic acids is 1. The summed E-state index contributed by atoms with van der Waals surface area (Å²) < 4.78 is 92.6. The number of nitrogens with two attached hydrogens (primary N) is 1. The SMILES string of the molecule is NC(=O)C[C@H]1CC[C@@](c2cc(F)ccc2F)(S(=O)(=O)c2ccc(C(F)(F)F)cc2)CC1. The van der Waals surface area contributed by atoms with Gasteiger partial charge in [-0.3, -0.25) is 4.79 Å². The summed E-state index contributed by atoms with van der Waals surface area (Å²) in [6.45, 7) is 0. The summed E-state index contributed by atoms with van der Waals surface area (Å²) in [6.07, 6.45) is -4.47. The van der Waals surface area contributed by atoms with Gasteiger partial charge in [0, 0.05) is 12.0 Å². The molecule has 0 radical (unpaired) electrons. The predicted octanol–water partition coefficient (Wildman–Crippen LogP) is 4.72. The van der Waals surface area contributed by atoms with E-state index in [0.29, 0.717) is 12.1 Å². The molecule has 1 amide bonds. The number of benzene rings is 2. The van der Waals surface area contributed by atoms with Gasteiger partial charge in [0.05, 0.1) is 10.5 Å². The van der Waals surface area contributed by atoms with Crippen LogP contribution in [0.15, 0.2) is 47.4 Å². The number of primary amides is 1. The zero-order chi connectivity index (χ0) is 23.0. The van der Waals surface area contributed by atoms with Crippen molar-refractivity contribution >= 4 is 15.7 Å². The minimum absolute atomic E-state index is 0.0298. The first kappa shape index (κ1) is 23.2. The molecular formula is C21H20F5NO3S. The third-order valence-electron chi connectivity index (χ3n) is 5.83. The van der Waals surface area contributed by atoms with Crippen LogP contribution < -0.4 is 5.73 Å². The highest BCUT2D eigenvalue weighted by Crippen LogP contribution is 2.50. The third kappa shape index (κ3) is 4.44. The number of alkyl halides is 3. The van der Waals surface area contributed by atoms with Gasteiger partial charge in [0.15, 0.2) is 9.84 Å². The van der Waals surface area contributed by atoms with Crippen molar-refractivity contribution in [2.75, 3.05) is 0 Å². The van der Waals surface area contributed by atoms with E-state index in [1.54, 1.807) is 0 Å². The Kier molecular flexibility index (Phi) is 6.14. The Bertz CT molecular complexity index is 1070. The molecule has 2 aromatic rings. The van der Waals surface area contributed by atoms with Crippen LogP contribution in [0, 0.1) is 17.6 Å². The molecule has 10 heteroatoms. The quantitative estimate of drug-likeness (QED) is 0.655. The zero-order valence-corrected chi connectivity index (χ0v) is 17.1. The molecule has 0 aromatic heterocycles. The van der Waals surface area contributed by atoms with Crippen LogP contribution in [0.4, 0.5) is 22.0 Å². The first-order chi connectivity index (χ1) is 14.4. The Morgan fingerprint density at radius 1 is 1.03 bits per heavy atom. The lowest BCUT2D eigenvalue weighted by atomic mass is 9.76. The zero-order valence-electron chi connectivity index (χ0n) is 16.3. The Balaban J connectivity index is 2.10. The number of sulfone groups is 1. The van der Waals surface area contributed by atoms with Crippen molar-refractivity contribution in [1.29, 1.82) is 0 Å². The average Bonchev–Trinajstić information content (AvgIpc) is 2.69. The van der Waals surface area contributed by atoms with E-state index in [1.807, 2.05) is 0 Å². The highest BCUT2D eigenvalue weighted by molar-refractivity contribution is 7.92. The molecule has 1 aliphatic rings. The van der Waals surface area contributed by atoms with Crippen LogP contribution in [-0.2, 0) is 25.6 Å². The summed E-state index contributed by atoms with van der Waals surface area (Å²) in [5, 5.41) is 0. The Hall–Kier alpha value is -2.49. The maximum atomic E-state index is 14.7. The molecule has 0 heterocycles. The molecule has 168 valence electrons. The van der Waals surface area contributed by atoms with Gasteiger partial charge >= 0.3 is 6.18 Å². The van der Waals surface area contributed by atoms with Gasteiger partial charge in [-0.2, -0.15) is 13.2 Å². The number of carbonyl (C=O) groups is 1. The van der Waals surface area contributed by atoms with Crippen molar-refractivity contribution < 1.29 is 35.2 Å². The standard InChI is InChI=1S/C21H20F5NO3S/c22-15-3-6-18(23)17(12-15)20(9-7-13(8-10-20)11-19(27)28)31(29,30)16-4-1-14(2-5-16)21(24,25)26/h1-6,12-13H,7-11H2,(H2,27,28)/t13-,20+. The molecule has 0 spiro atoms. The monoisotopic (exact) mass is 461 g/mol. The summed E-state index contributed by atoms with van der Waals surface area (Å²) in [4.78, 5) is 10.8. The Labute approximate surface area is 176 Å². The molecule has 31 heavy (non-hydrogen) atoms. The van der Waals surface area contributed by atoms with Gasteiger partial charge in [-0.25, -0.2) is 17.2 Å². The molecule has 0 bridgehead atoms. The summed E-state index contributed by atoms with van der Waals surface area (Å²) in [5.41, 5.74) is 3.82. The van der Waals surface area contributed by atoms with E-state index in [9.17, 15) is 35.2 Å². The van der Waals surface area contributed by atoms with Crippen LogP contribution in [0.5, 0.6) is 0 Å². The lowest BCUT2D eigenvalue weighted by Gasteiger charge is -2.40. The van der Waals surface area contributed by atoms with E-state index in [-0.39, 0.29) is 43.6 Å². The molecule has 3 rings (SSSR count). The summed E-state index contributed by atoms with van der Waals surface area (Å²) in [5.74, 6) is -2.53. The van der Waals surface area contributed by atoms with Crippen molar-refractivity contribution in [3.63, 3.8) is 0 Å². The second-order valence-corrected chi connectivity index (χ2v) is 10.0. The number of hydrogen-bond donors (Lipinski definition) is 1. The smallest absolute Gasteiger partial charge is 0.370 e. The van der Waals surface area contributed by atoms with Crippen molar-refractivity contribution in [3.05, 3.63) is 65.2 Å². The average molecular weight is 461 g/mol. The molecule has 0 unspecified atom stereocenters. The largest absolute Gasteiger partial charge is 0.416 e. The van der Waals surface area contributed by atoms with Crippen LogP contribution in [0.3, 0.4) is 0 Å². The lowest BCUT2D eigenvalue weighted by molar-refractivity contribution is -0.137. The van der Waals surface area contributed by atoms with E-state index >= 15 is 0 Å². The van der Waals surface area contributed by atoms with E-state index < -0.39 is 48.8 Å². The predicted molar refractivity (Wildman–Crippen MR) is 102 cm³/mol. The minimum atomic E-state index is -4.65. The molecule has 4 nitrogen and oxygen atoms in total. The van der Waals surface area contributed by atoms with Gasteiger partial charge in [-0.05, 0) is 74.1 Å². The van der Waals surface area contributed by atoms with E-state index in [4.69, 9.17) is 5.73 Å². The van der Waals surface area contributed by atoms with Crippen LogP contribution in [0.1, 0.15) is 43.2 Å². The first-order valence-electron chi connectivity index (χ1n) is 9.52. The maximum Gasteiger partial charge on any atom is 0.416 e. The first-order valence-corrected chi connectivity index (χ1v) is 11.0. The summed E-state index contributed by atoms with van der Waals surface area (Å²) in [6, 6.07) is 5.42. The Morgan fingerprint density at radius 3 is 2.13 bits per heavy atom. The third-order valence-corrected chi connectivity index (χ3v) is 8.38. The van der Waals surface area contributed by atoms with Gasteiger partial charge in [-0.1, -0.05) is 0 Å². The van der Waals surface area contributed by atoms with Crippen molar-refractivity contribution in [3.8, 4) is 0 Å². The van der Waals surface area contributed by atoms with Crippen LogP contribution >= 0.6 is 0 Å². The molecule has 1 aliphatic carbocycles. The fourth-order valence-electron chi connectivity index (χ4n) is 4.21. The Morgan fingerprint density at radius 2 is 1.61 bits per heavy atom. The highest BCUT2D eigenvalue weighted by Gasteiger charge is 2.50. The van der Waals surface area contributed by atoms with E-state index in [2.05, 4.69) is 0 Å². The van der Waals surface area contributed by atoms with Crippen molar-refractivity contribution in [1.82, 2.24) is 0 Å². The van der Waals surface area contributed by atoms with Gasteiger partial charge in [0.1, 0.15) is 16.4 Å². The molecule has 2 aromatic carbocycles. The number of hydrogen-bond acceptors (Lipinski definition) is 3. The van der Waals surface area contributed by atoms with Crippen LogP contribution in [-0.4, -0.2) is 14.3 Å². The highest BCUT2D eigenvalue weighted by atomic mass is 32.2. The van der Waals surface area contributed by atoms with Gasteiger partial charge < -0.3 is 5.73 Å². The number of rotatable bonds is 5. The second kappa shape index (κ2) is 8.22. The normalized spacial score (nSPS) is 22.3. The van der Waals surface area contributed by atoms with Crippen LogP contribution in [0.2, 0.25) is 0 Å². The molecule has 2 N–H and O–H groups in total. The maximum absolute atomic E-state index is 14.7. The molecule has 0 atom stereocenters. The molecule has 0 aliphatic heterocycles. The molecular weight excluding hydrogens is 441 g/mol. The van der Waals surface area contributed by atoms with Crippen molar-refractivity contribution in [2.45, 2.75) is 47.9 Å². The minimum Gasteiger partial charge on any atom is -0.370 e. The lowest BCUT2D eigenvalue weighted by Crippen LogP contribution is -2.41. The van der Waals surface area contributed by atoms with Crippen LogP contribution in [0.25, 0.3) is 0 Å².